The summed E-state index contributed by atoms with van der Waals surface area (Å²) in [5, 5.41) is 11.4. The topological polar surface area (TPSA) is 72.9 Å². The second kappa shape index (κ2) is 6.53. The molecule has 21 heavy (non-hydrogen) atoms. The molecule has 1 fully saturated rings. The Morgan fingerprint density at radius 1 is 1.29 bits per heavy atom. The number of rotatable bonds is 3. The summed E-state index contributed by atoms with van der Waals surface area (Å²) in [5.41, 5.74) is 0.850. The van der Waals surface area contributed by atoms with Crippen molar-refractivity contribution >= 4 is 17.7 Å². The molecule has 1 aromatic carbocycles. The van der Waals surface area contributed by atoms with Gasteiger partial charge in [-0.1, -0.05) is 6.07 Å². The first-order valence-corrected chi connectivity index (χ1v) is 6.72. The maximum absolute atomic E-state index is 13.4. The Bertz CT molecular complexity index is 542. The van der Waals surface area contributed by atoms with Gasteiger partial charge in [0.05, 0.1) is 6.54 Å². The van der Waals surface area contributed by atoms with Crippen molar-refractivity contribution in [1.82, 2.24) is 9.80 Å². The first-order chi connectivity index (χ1) is 9.97. The Hall–Kier alpha value is -2.15. The van der Waals surface area contributed by atoms with Crippen molar-refractivity contribution in [3.05, 3.63) is 29.6 Å². The van der Waals surface area contributed by atoms with Crippen molar-refractivity contribution < 1.29 is 19.1 Å². The number of benzene rings is 1. The van der Waals surface area contributed by atoms with Crippen LogP contribution in [0.1, 0.15) is 5.56 Å². The van der Waals surface area contributed by atoms with Crippen LogP contribution >= 0.6 is 0 Å². The molecule has 1 aromatic rings. The molecule has 0 saturated carbocycles. The van der Waals surface area contributed by atoms with Crippen molar-refractivity contribution in [1.29, 1.82) is 0 Å². The van der Waals surface area contributed by atoms with E-state index in [9.17, 15) is 14.0 Å². The average molecular weight is 295 g/mol. The largest absolute Gasteiger partial charge is 0.480 e. The van der Waals surface area contributed by atoms with Crippen molar-refractivity contribution in [3.8, 4) is 0 Å². The number of hydrogen-bond acceptors (Lipinski definition) is 3. The maximum atomic E-state index is 13.4. The molecule has 2 rings (SSSR count). The predicted molar refractivity (Wildman–Crippen MR) is 75.8 cm³/mol. The lowest BCUT2D eigenvalue weighted by Crippen LogP contribution is -2.51. The van der Waals surface area contributed by atoms with Crippen LogP contribution in [-0.2, 0) is 4.79 Å². The van der Waals surface area contributed by atoms with E-state index < -0.39 is 5.97 Å². The minimum Gasteiger partial charge on any atom is -0.480 e. The number of halogens is 1. The minimum absolute atomic E-state index is 0.0154. The van der Waals surface area contributed by atoms with Gasteiger partial charge in [0.15, 0.2) is 0 Å². The highest BCUT2D eigenvalue weighted by Gasteiger charge is 2.22. The van der Waals surface area contributed by atoms with Crippen LogP contribution in [0.25, 0.3) is 0 Å². The van der Waals surface area contributed by atoms with Gasteiger partial charge in [-0.05, 0) is 19.1 Å². The van der Waals surface area contributed by atoms with Gasteiger partial charge >= 0.3 is 12.0 Å². The fraction of sp³-hybridized carbons (Fsp3) is 0.429. The second-order valence-electron chi connectivity index (χ2n) is 5.00. The number of anilines is 1. The number of carbonyl (C=O) groups excluding carboxylic acids is 1. The van der Waals surface area contributed by atoms with Crippen LogP contribution < -0.4 is 5.32 Å². The highest BCUT2D eigenvalue weighted by molar-refractivity contribution is 5.90. The number of carbonyl (C=O) groups is 2. The normalized spacial score (nSPS) is 15.8. The zero-order chi connectivity index (χ0) is 15.4. The average Bonchev–Trinajstić information content (AvgIpc) is 2.44. The van der Waals surface area contributed by atoms with Crippen LogP contribution in [-0.4, -0.2) is 59.6 Å². The number of amides is 2. The highest BCUT2D eigenvalue weighted by atomic mass is 19.1. The van der Waals surface area contributed by atoms with E-state index in [-0.39, 0.29) is 18.4 Å². The Balaban J connectivity index is 1.90. The van der Waals surface area contributed by atoms with Gasteiger partial charge in [0, 0.05) is 37.4 Å². The van der Waals surface area contributed by atoms with Crippen molar-refractivity contribution in [3.63, 3.8) is 0 Å². The fourth-order valence-corrected chi connectivity index (χ4v) is 2.24. The van der Waals surface area contributed by atoms with E-state index in [1.54, 1.807) is 28.9 Å². The van der Waals surface area contributed by atoms with Gasteiger partial charge in [0.25, 0.3) is 0 Å². The lowest BCUT2D eigenvalue weighted by atomic mass is 10.2. The van der Waals surface area contributed by atoms with Crippen LogP contribution in [0.15, 0.2) is 18.2 Å². The highest BCUT2D eigenvalue weighted by Crippen LogP contribution is 2.18. The third-order valence-corrected chi connectivity index (χ3v) is 3.53. The molecule has 0 aromatic heterocycles. The van der Waals surface area contributed by atoms with Crippen LogP contribution in [0.3, 0.4) is 0 Å². The number of nitrogens with one attached hydrogen (secondary N) is 1. The van der Waals surface area contributed by atoms with E-state index in [1.807, 2.05) is 0 Å². The van der Waals surface area contributed by atoms with Crippen LogP contribution in [0.5, 0.6) is 0 Å². The molecule has 2 amide bonds. The number of aliphatic carboxylic acids is 1. The molecule has 0 spiro atoms. The molecule has 1 heterocycles. The molecule has 0 atom stereocenters. The summed E-state index contributed by atoms with van der Waals surface area (Å²) in [7, 11) is 0. The van der Waals surface area contributed by atoms with Gasteiger partial charge < -0.3 is 15.3 Å². The quantitative estimate of drug-likeness (QED) is 0.883. The summed E-state index contributed by atoms with van der Waals surface area (Å²) in [6, 6.07) is 4.24. The Morgan fingerprint density at radius 3 is 2.57 bits per heavy atom. The number of carboxylic acid groups (broad SMARTS) is 1. The molecule has 2 N–H and O–H groups in total. The monoisotopic (exact) mass is 295 g/mol. The molecule has 0 aliphatic carbocycles. The van der Waals surface area contributed by atoms with E-state index in [0.29, 0.717) is 37.4 Å². The third kappa shape index (κ3) is 3.91. The summed E-state index contributed by atoms with van der Waals surface area (Å²) in [4.78, 5) is 26.1. The molecule has 0 radical (unpaired) electrons. The summed E-state index contributed by atoms with van der Waals surface area (Å²) in [6.07, 6.45) is 0. The fourth-order valence-electron chi connectivity index (χ4n) is 2.24. The van der Waals surface area contributed by atoms with E-state index >= 15 is 0 Å². The van der Waals surface area contributed by atoms with Gasteiger partial charge in [0.1, 0.15) is 5.82 Å². The molecule has 1 saturated heterocycles. The zero-order valence-corrected chi connectivity index (χ0v) is 11.8. The van der Waals surface area contributed by atoms with Gasteiger partial charge in [-0.2, -0.15) is 0 Å². The van der Waals surface area contributed by atoms with Gasteiger partial charge in [-0.3, -0.25) is 9.69 Å². The predicted octanol–water partition coefficient (Wildman–Crippen LogP) is 1.37. The molecule has 0 bridgehead atoms. The SMILES string of the molecule is Cc1c(F)cccc1NC(=O)N1CCN(CC(=O)O)CC1. The molecule has 7 heteroatoms. The summed E-state index contributed by atoms with van der Waals surface area (Å²) < 4.78 is 13.4. The molecular weight excluding hydrogens is 277 g/mol. The van der Waals surface area contributed by atoms with E-state index in [4.69, 9.17) is 5.11 Å². The third-order valence-electron chi connectivity index (χ3n) is 3.53. The standard InChI is InChI=1S/C14H18FN3O3/c1-10-11(15)3-2-4-12(10)16-14(21)18-7-5-17(6-8-18)9-13(19)20/h2-4H,5-9H2,1H3,(H,16,21)(H,19,20). The first-order valence-electron chi connectivity index (χ1n) is 6.72. The molecule has 1 aliphatic heterocycles. The van der Waals surface area contributed by atoms with Crippen LogP contribution in [0.2, 0.25) is 0 Å². The molecule has 114 valence electrons. The van der Waals surface area contributed by atoms with Crippen molar-refractivity contribution in [2.75, 3.05) is 38.0 Å². The molecule has 0 unspecified atom stereocenters. The van der Waals surface area contributed by atoms with E-state index in [0.717, 1.165) is 0 Å². The number of nitrogens with zero attached hydrogens (tertiary/aromatic N) is 2. The lowest BCUT2D eigenvalue weighted by Gasteiger charge is -2.33. The number of urea groups is 1. The number of hydrogen-bond donors (Lipinski definition) is 2. The van der Waals surface area contributed by atoms with Crippen LogP contribution in [0.4, 0.5) is 14.9 Å². The second-order valence-corrected chi connectivity index (χ2v) is 5.00. The Morgan fingerprint density at radius 2 is 1.95 bits per heavy atom. The molecule has 6 nitrogen and oxygen atoms in total. The van der Waals surface area contributed by atoms with E-state index in [1.165, 1.54) is 6.07 Å². The number of carboxylic acids is 1. The van der Waals surface area contributed by atoms with Gasteiger partial charge in [-0.15, -0.1) is 0 Å². The summed E-state index contributed by atoms with van der Waals surface area (Å²) in [5.74, 6) is -1.23. The Kier molecular flexibility index (Phi) is 4.74. The van der Waals surface area contributed by atoms with Gasteiger partial charge in [0.2, 0.25) is 0 Å². The smallest absolute Gasteiger partial charge is 0.321 e. The van der Waals surface area contributed by atoms with Crippen molar-refractivity contribution in [2.24, 2.45) is 0 Å². The summed E-state index contributed by atoms with van der Waals surface area (Å²) in [6.45, 7) is 3.53. The van der Waals surface area contributed by atoms with Crippen LogP contribution in [0, 0.1) is 12.7 Å². The zero-order valence-electron chi connectivity index (χ0n) is 11.8. The Labute approximate surface area is 122 Å². The molecular formula is C14H18FN3O3. The van der Waals surface area contributed by atoms with E-state index in [2.05, 4.69) is 5.32 Å². The summed E-state index contributed by atoms with van der Waals surface area (Å²) >= 11 is 0. The minimum atomic E-state index is -0.872. The lowest BCUT2D eigenvalue weighted by molar-refractivity contribution is -0.138. The van der Waals surface area contributed by atoms with Gasteiger partial charge in [-0.25, -0.2) is 9.18 Å². The number of piperazine rings is 1. The first kappa shape index (κ1) is 15.2. The van der Waals surface area contributed by atoms with Crippen molar-refractivity contribution in [2.45, 2.75) is 6.92 Å². The maximum Gasteiger partial charge on any atom is 0.321 e. The molecule has 1 aliphatic rings.